The molecule has 0 saturated carbocycles. The Morgan fingerprint density at radius 3 is 2.57 bits per heavy atom. The first-order valence-corrected chi connectivity index (χ1v) is 7.36. The maximum Gasteiger partial charge on any atom is 0.328 e. The molecule has 0 atom stereocenters. The quantitative estimate of drug-likeness (QED) is 0.529. The largest absolute Gasteiger partial charge is 0.494 e. The summed E-state index contributed by atoms with van der Waals surface area (Å²) in [6, 6.07) is 14.3. The Hall–Kier alpha value is -3.08. The van der Waals surface area contributed by atoms with Gasteiger partial charge in [-0.3, -0.25) is 14.8 Å². The number of aromatic nitrogens is 2. The molecular weight excluding hydrogens is 292 g/mol. The van der Waals surface area contributed by atoms with Gasteiger partial charge in [0.05, 0.1) is 5.56 Å². The highest BCUT2D eigenvalue weighted by Crippen LogP contribution is 2.36. The molecule has 0 bridgehead atoms. The molecular formula is C18H14N2O3. The number of hydrogen-bond donors (Lipinski definition) is 3. The van der Waals surface area contributed by atoms with Crippen LogP contribution in [0.1, 0.15) is 22.3 Å². The van der Waals surface area contributed by atoms with Crippen molar-refractivity contribution in [1.82, 2.24) is 9.97 Å². The smallest absolute Gasteiger partial charge is 0.328 e. The van der Waals surface area contributed by atoms with E-state index in [2.05, 4.69) is 28.2 Å². The monoisotopic (exact) mass is 306 g/mol. The molecule has 23 heavy (non-hydrogen) atoms. The summed E-state index contributed by atoms with van der Waals surface area (Å²) in [7, 11) is 0. The number of hydrogen-bond acceptors (Lipinski definition) is 3. The SMILES string of the molecule is O=c1[nH]c(O)c(Cc2ccc3c(c2)Cc2ccccc2-3)c(=O)[nH]1. The van der Waals surface area contributed by atoms with Gasteiger partial charge in [0.15, 0.2) is 0 Å². The zero-order valence-corrected chi connectivity index (χ0v) is 12.2. The molecule has 0 aliphatic heterocycles. The standard InChI is InChI=1S/C18H14N2O3/c21-16-15(17(22)20-18(23)19-16)8-10-5-6-14-12(7-10)9-11-3-1-2-4-13(11)14/h1-7H,8-9H2,(H3,19,20,21,22,23). The minimum absolute atomic E-state index is 0.167. The molecule has 114 valence electrons. The van der Waals surface area contributed by atoms with Crippen LogP contribution in [0.2, 0.25) is 0 Å². The number of rotatable bonds is 2. The van der Waals surface area contributed by atoms with Crippen molar-refractivity contribution in [1.29, 1.82) is 0 Å². The first kappa shape index (κ1) is 13.6. The zero-order chi connectivity index (χ0) is 16.0. The Bertz CT molecular complexity index is 1030. The summed E-state index contributed by atoms with van der Waals surface area (Å²) < 4.78 is 0. The topological polar surface area (TPSA) is 85.9 Å². The second-order valence-electron chi connectivity index (χ2n) is 5.74. The van der Waals surface area contributed by atoms with Gasteiger partial charge in [0.1, 0.15) is 0 Å². The van der Waals surface area contributed by atoms with E-state index < -0.39 is 11.2 Å². The molecule has 4 rings (SSSR count). The lowest BCUT2D eigenvalue weighted by Crippen LogP contribution is -2.25. The summed E-state index contributed by atoms with van der Waals surface area (Å²) in [5.41, 5.74) is 4.79. The molecule has 3 N–H and O–H groups in total. The summed E-state index contributed by atoms with van der Waals surface area (Å²) in [4.78, 5) is 27.3. The number of benzene rings is 2. The highest BCUT2D eigenvalue weighted by molar-refractivity contribution is 5.77. The molecule has 5 nitrogen and oxygen atoms in total. The van der Waals surface area contributed by atoms with Crippen molar-refractivity contribution in [2.45, 2.75) is 12.8 Å². The van der Waals surface area contributed by atoms with E-state index in [-0.39, 0.29) is 17.9 Å². The molecule has 0 radical (unpaired) electrons. The highest BCUT2D eigenvalue weighted by Gasteiger charge is 2.18. The normalized spacial score (nSPS) is 12.0. The van der Waals surface area contributed by atoms with Gasteiger partial charge in [-0.15, -0.1) is 0 Å². The van der Waals surface area contributed by atoms with Crippen LogP contribution in [-0.4, -0.2) is 15.1 Å². The van der Waals surface area contributed by atoms with Crippen molar-refractivity contribution in [3.63, 3.8) is 0 Å². The average Bonchev–Trinajstić information content (AvgIpc) is 2.88. The van der Waals surface area contributed by atoms with Gasteiger partial charge in [0.2, 0.25) is 5.88 Å². The summed E-state index contributed by atoms with van der Waals surface area (Å²) >= 11 is 0. The first-order chi connectivity index (χ1) is 11.1. The van der Waals surface area contributed by atoms with E-state index in [0.29, 0.717) is 0 Å². The third-order valence-corrected chi connectivity index (χ3v) is 4.26. The predicted molar refractivity (Wildman–Crippen MR) is 86.8 cm³/mol. The number of fused-ring (bicyclic) bond motifs is 3. The molecule has 0 saturated heterocycles. The Morgan fingerprint density at radius 2 is 1.74 bits per heavy atom. The van der Waals surface area contributed by atoms with Crippen LogP contribution in [0.25, 0.3) is 11.1 Å². The molecule has 0 spiro atoms. The maximum atomic E-state index is 11.8. The van der Waals surface area contributed by atoms with Crippen LogP contribution < -0.4 is 11.2 Å². The first-order valence-electron chi connectivity index (χ1n) is 7.36. The van der Waals surface area contributed by atoms with E-state index in [4.69, 9.17) is 0 Å². The Morgan fingerprint density at radius 1 is 0.957 bits per heavy atom. The maximum absolute atomic E-state index is 11.8. The van der Waals surface area contributed by atoms with Crippen LogP contribution in [0.3, 0.4) is 0 Å². The van der Waals surface area contributed by atoms with Gasteiger partial charge in [-0.05, 0) is 34.2 Å². The average molecular weight is 306 g/mol. The van der Waals surface area contributed by atoms with Gasteiger partial charge in [0.25, 0.3) is 5.56 Å². The predicted octanol–water partition coefficient (Wildman–Crippen LogP) is 1.93. The van der Waals surface area contributed by atoms with Crippen LogP contribution in [-0.2, 0) is 12.8 Å². The molecule has 0 amide bonds. The number of aromatic amines is 2. The zero-order valence-electron chi connectivity index (χ0n) is 12.2. The number of nitrogens with one attached hydrogen (secondary N) is 2. The van der Waals surface area contributed by atoms with Crippen molar-refractivity contribution >= 4 is 0 Å². The summed E-state index contributed by atoms with van der Waals surface area (Å²) in [6.45, 7) is 0. The van der Waals surface area contributed by atoms with E-state index in [1.54, 1.807) is 0 Å². The van der Waals surface area contributed by atoms with Crippen LogP contribution >= 0.6 is 0 Å². The van der Waals surface area contributed by atoms with E-state index in [1.807, 2.05) is 24.3 Å². The van der Waals surface area contributed by atoms with Gasteiger partial charge < -0.3 is 5.11 Å². The van der Waals surface area contributed by atoms with Crippen molar-refractivity contribution in [3.8, 4) is 17.0 Å². The lowest BCUT2D eigenvalue weighted by atomic mass is 10.00. The molecule has 1 aromatic heterocycles. The van der Waals surface area contributed by atoms with Gasteiger partial charge in [-0.1, -0.05) is 42.5 Å². The molecule has 0 fully saturated rings. The van der Waals surface area contributed by atoms with Crippen LogP contribution in [0, 0.1) is 0 Å². The fourth-order valence-electron chi connectivity index (χ4n) is 3.18. The third kappa shape index (κ3) is 2.26. The molecule has 1 aliphatic carbocycles. The summed E-state index contributed by atoms with van der Waals surface area (Å²) in [5.74, 6) is -0.373. The van der Waals surface area contributed by atoms with Gasteiger partial charge in [0, 0.05) is 6.42 Å². The van der Waals surface area contributed by atoms with Crippen molar-refractivity contribution < 1.29 is 5.11 Å². The fourth-order valence-corrected chi connectivity index (χ4v) is 3.18. The number of H-pyrrole nitrogens is 2. The van der Waals surface area contributed by atoms with E-state index in [0.717, 1.165) is 12.0 Å². The highest BCUT2D eigenvalue weighted by atomic mass is 16.3. The molecule has 1 aliphatic rings. The Balaban J connectivity index is 1.73. The molecule has 0 unspecified atom stereocenters. The fraction of sp³-hybridized carbons (Fsp3) is 0.111. The van der Waals surface area contributed by atoms with Gasteiger partial charge >= 0.3 is 5.69 Å². The van der Waals surface area contributed by atoms with E-state index >= 15 is 0 Å². The molecule has 1 heterocycles. The van der Waals surface area contributed by atoms with E-state index in [9.17, 15) is 14.7 Å². The molecule has 5 heteroatoms. The lowest BCUT2D eigenvalue weighted by molar-refractivity contribution is 0.441. The lowest BCUT2D eigenvalue weighted by Gasteiger charge is -2.06. The van der Waals surface area contributed by atoms with Crippen molar-refractivity contribution in [2.75, 3.05) is 0 Å². The van der Waals surface area contributed by atoms with Crippen molar-refractivity contribution in [2.24, 2.45) is 0 Å². The van der Waals surface area contributed by atoms with Crippen LogP contribution in [0.4, 0.5) is 0 Å². The Kier molecular flexibility index (Phi) is 2.94. The van der Waals surface area contributed by atoms with Crippen molar-refractivity contribution in [3.05, 3.63) is 85.6 Å². The van der Waals surface area contributed by atoms with Gasteiger partial charge in [-0.2, -0.15) is 0 Å². The third-order valence-electron chi connectivity index (χ3n) is 4.26. The molecule has 3 aromatic rings. The second kappa shape index (κ2) is 4.98. The minimum atomic E-state index is -0.708. The van der Waals surface area contributed by atoms with Crippen LogP contribution in [0.5, 0.6) is 5.88 Å². The summed E-state index contributed by atoms with van der Waals surface area (Å²) in [6.07, 6.45) is 1.13. The molecule has 2 aromatic carbocycles. The summed E-state index contributed by atoms with van der Waals surface area (Å²) in [5, 5.41) is 9.79. The Labute approximate surface area is 131 Å². The van der Waals surface area contributed by atoms with Crippen LogP contribution in [0.15, 0.2) is 52.1 Å². The number of aromatic hydroxyl groups is 1. The second-order valence-corrected chi connectivity index (χ2v) is 5.74. The van der Waals surface area contributed by atoms with Gasteiger partial charge in [-0.25, -0.2) is 4.79 Å². The minimum Gasteiger partial charge on any atom is -0.494 e. The van der Waals surface area contributed by atoms with E-state index in [1.165, 1.54) is 22.3 Å².